The van der Waals surface area contributed by atoms with Gasteiger partial charge in [-0.25, -0.2) is 9.97 Å². The van der Waals surface area contributed by atoms with Crippen molar-refractivity contribution in [2.75, 3.05) is 0 Å². The van der Waals surface area contributed by atoms with Crippen molar-refractivity contribution in [2.45, 2.75) is 37.8 Å². The van der Waals surface area contributed by atoms with E-state index in [-0.39, 0.29) is 0 Å². The predicted molar refractivity (Wildman–Crippen MR) is 134 cm³/mol. The maximum atomic E-state index is 10.2. The molecule has 0 bridgehead atoms. The lowest BCUT2D eigenvalue weighted by Crippen LogP contribution is -2.58. The standard InChI is InChI=1S/C28H24N6O/c1-17-11-24-31-14-20-12-23(22-6-4-3-5-19(22)13-29)25(32-26(20)34(24)33-17)18-7-9-21(10-8-18)28(30)15-27(2,35)16-28/h3-12,14,35H,15-16,30H2,1-2H3. The Kier molecular flexibility index (Phi) is 4.55. The molecule has 0 amide bonds. The molecular formula is C28H24N6O. The van der Waals surface area contributed by atoms with E-state index in [1.54, 1.807) is 10.7 Å². The number of pyridine rings is 1. The first-order valence-electron chi connectivity index (χ1n) is 11.5. The molecule has 0 aliphatic heterocycles. The Balaban J connectivity index is 1.57. The number of hydrogen-bond donors (Lipinski definition) is 2. The van der Waals surface area contributed by atoms with Crippen molar-refractivity contribution in [3.05, 3.63) is 83.7 Å². The summed E-state index contributed by atoms with van der Waals surface area (Å²) in [5.41, 5.74) is 12.5. The van der Waals surface area contributed by atoms with E-state index in [0.717, 1.165) is 44.7 Å². The van der Waals surface area contributed by atoms with E-state index < -0.39 is 11.1 Å². The molecule has 5 aromatic rings. The van der Waals surface area contributed by atoms with E-state index in [1.807, 2.05) is 74.5 Å². The van der Waals surface area contributed by atoms with Gasteiger partial charge in [-0.2, -0.15) is 14.9 Å². The van der Waals surface area contributed by atoms with Crippen LogP contribution in [-0.4, -0.2) is 30.3 Å². The van der Waals surface area contributed by atoms with Gasteiger partial charge in [-0.05, 0) is 44.4 Å². The number of benzene rings is 2. The highest BCUT2D eigenvalue weighted by Gasteiger charge is 2.49. The lowest BCUT2D eigenvalue weighted by Gasteiger charge is -2.49. The van der Waals surface area contributed by atoms with Crippen molar-refractivity contribution >= 4 is 16.7 Å². The number of nitrogens with zero attached hydrogens (tertiary/aromatic N) is 5. The van der Waals surface area contributed by atoms with Gasteiger partial charge in [0, 0.05) is 39.9 Å². The second kappa shape index (κ2) is 7.44. The second-order valence-corrected chi connectivity index (χ2v) is 9.85. The number of rotatable bonds is 3. The van der Waals surface area contributed by atoms with Crippen LogP contribution in [0, 0.1) is 18.3 Å². The summed E-state index contributed by atoms with van der Waals surface area (Å²) in [4.78, 5) is 9.60. The second-order valence-electron chi connectivity index (χ2n) is 9.85. The van der Waals surface area contributed by atoms with Crippen LogP contribution < -0.4 is 5.73 Å². The monoisotopic (exact) mass is 460 g/mol. The highest BCUT2D eigenvalue weighted by molar-refractivity contribution is 5.92. The third-order valence-electron chi connectivity index (χ3n) is 6.84. The van der Waals surface area contributed by atoms with E-state index in [0.29, 0.717) is 24.1 Å². The number of nitriles is 1. The highest BCUT2D eigenvalue weighted by atomic mass is 16.3. The van der Waals surface area contributed by atoms with Crippen LogP contribution in [0.5, 0.6) is 0 Å². The van der Waals surface area contributed by atoms with Crippen LogP contribution in [-0.2, 0) is 5.54 Å². The Hall–Kier alpha value is -4.12. The van der Waals surface area contributed by atoms with Gasteiger partial charge in [0.2, 0.25) is 0 Å². The van der Waals surface area contributed by atoms with Crippen LogP contribution in [0.3, 0.4) is 0 Å². The van der Waals surface area contributed by atoms with Crippen LogP contribution in [0.25, 0.3) is 39.1 Å². The molecular weight excluding hydrogens is 436 g/mol. The maximum absolute atomic E-state index is 10.2. The average molecular weight is 461 g/mol. The predicted octanol–water partition coefficient (Wildman–Crippen LogP) is 4.49. The minimum absolute atomic E-state index is 0.526. The summed E-state index contributed by atoms with van der Waals surface area (Å²) in [6, 6.07) is 21.8. The van der Waals surface area contributed by atoms with Crippen molar-refractivity contribution in [1.82, 2.24) is 19.6 Å². The summed E-state index contributed by atoms with van der Waals surface area (Å²) in [7, 11) is 0. The molecule has 3 N–H and O–H groups in total. The molecule has 3 heterocycles. The molecule has 1 aliphatic carbocycles. The first kappa shape index (κ1) is 21.4. The van der Waals surface area contributed by atoms with E-state index in [1.165, 1.54) is 0 Å². The summed E-state index contributed by atoms with van der Waals surface area (Å²) >= 11 is 0. The quantitative estimate of drug-likeness (QED) is 0.410. The largest absolute Gasteiger partial charge is 0.390 e. The summed E-state index contributed by atoms with van der Waals surface area (Å²) in [5, 5.41) is 25.4. The molecule has 0 spiro atoms. The normalized spacial score (nSPS) is 21.7. The first-order valence-corrected chi connectivity index (χ1v) is 11.5. The zero-order chi connectivity index (χ0) is 24.4. The lowest BCUT2D eigenvalue weighted by atomic mass is 9.63. The molecule has 0 radical (unpaired) electrons. The van der Waals surface area contributed by atoms with Gasteiger partial charge in [0.05, 0.1) is 28.6 Å². The van der Waals surface area contributed by atoms with Crippen molar-refractivity contribution < 1.29 is 5.11 Å². The molecule has 0 unspecified atom stereocenters. The molecule has 6 rings (SSSR count). The third-order valence-corrected chi connectivity index (χ3v) is 6.84. The molecule has 2 aromatic carbocycles. The van der Waals surface area contributed by atoms with E-state index in [2.05, 4.69) is 16.2 Å². The van der Waals surface area contributed by atoms with Crippen LogP contribution in [0.15, 0.2) is 66.9 Å². The minimum Gasteiger partial charge on any atom is -0.390 e. The number of fused-ring (bicyclic) bond motifs is 3. The average Bonchev–Trinajstić information content (AvgIpc) is 3.22. The van der Waals surface area contributed by atoms with Crippen LogP contribution in [0.1, 0.15) is 36.6 Å². The van der Waals surface area contributed by atoms with Gasteiger partial charge in [0.1, 0.15) is 0 Å². The summed E-state index contributed by atoms with van der Waals surface area (Å²) in [5.74, 6) is 0. The van der Waals surface area contributed by atoms with E-state index in [9.17, 15) is 10.4 Å². The minimum atomic E-state index is -0.719. The molecule has 0 atom stereocenters. The maximum Gasteiger partial charge on any atom is 0.165 e. The Bertz CT molecular complexity index is 1650. The zero-order valence-corrected chi connectivity index (χ0v) is 19.5. The molecule has 35 heavy (non-hydrogen) atoms. The van der Waals surface area contributed by atoms with Gasteiger partial charge in [-0.15, -0.1) is 0 Å². The van der Waals surface area contributed by atoms with Crippen LogP contribution in [0.4, 0.5) is 0 Å². The molecule has 7 nitrogen and oxygen atoms in total. The summed E-state index contributed by atoms with van der Waals surface area (Å²) in [6.45, 7) is 3.75. The Morgan fingerprint density at radius 2 is 1.80 bits per heavy atom. The van der Waals surface area contributed by atoms with Gasteiger partial charge >= 0.3 is 0 Å². The van der Waals surface area contributed by atoms with Crippen molar-refractivity contribution in [3.8, 4) is 28.5 Å². The number of aryl methyl sites for hydroxylation is 1. The molecule has 1 aliphatic rings. The van der Waals surface area contributed by atoms with Gasteiger partial charge in [-0.1, -0.05) is 42.5 Å². The third kappa shape index (κ3) is 3.46. The lowest BCUT2D eigenvalue weighted by molar-refractivity contribution is -0.0738. The molecule has 7 heteroatoms. The first-order chi connectivity index (χ1) is 16.8. The van der Waals surface area contributed by atoms with Crippen LogP contribution >= 0.6 is 0 Å². The number of hydrogen-bond acceptors (Lipinski definition) is 6. The highest BCUT2D eigenvalue weighted by Crippen LogP contribution is 2.46. The fourth-order valence-electron chi connectivity index (χ4n) is 5.37. The SMILES string of the molecule is Cc1cc2ncc3cc(-c4ccccc4C#N)c(-c4ccc(C5(N)CC(C)(O)C5)cc4)nc3n2n1. The molecule has 172 valence electrons. The van der Waals surface area contributed by atoms with Crippen LogP contribution in [0.2, 0.25) is 0 Å². The zero-order valence-electron chi connectivity index (χ0n) is 19.5. The molecule has 3 aromatic heterocycles. The molecule has 1 fully saturated rings. The Morgan fingerprint density at radius 3 is 2.51 bits per heavy atom. The van der Waals surface area contributed by atoms with Gasteiger partial charge < -0.3 is 10.8 Å². The smallest absolute Gasteiger partial charge is 0.165 e. The molecule has 1 saturated carbocycles. The van der Waals surface area contributed by atoms with Gasteiger partial charge in [-0.3, -0.25) is 0 Å². The topological polar surface area (TPSA) is 113 Å². The van der Waals surface area contributed by atoms with Crippen molar-refractivity contribution in [1.29, 1.82) is 5.26 Å². The van der Waals surface area contributed by atoms with Gasteiger partial charge in [0.15, 0.2) is 11.3 Å². The fraction of sp³-hybridized carbons (Fsp3) is 0.214. The van der Waals surface area contributed by atoms with Gasteiger partial charge in [0.25, 0.3) is 0 Å². The Morgan fingerprint density at radius 1 is 1.06 bits per heavy atom. The van der Waals surface area contributed by atoms with Crippen molar-refractivity contribution in [2.24, 2.45) is 5.73 Å². The Labute approximate surface area is 202 Å². The summed E-state index contributed by atoms with van der Waals surface area (Å²) in [6.07, 6.45) is 2.85. The van der Waals surface area contributed by atoms with Crippen molar-refractivity contribution in [3.63, 3.8) is 0 Å². The van der Waals surface area contributed by atoms with E-state index >= 15 is 0 Å². The van der Waals surface area contributed by atoms with E-state index in [4.69, 9.17) is 10.7 Å². The molecule has 0 saturated heterocycles. The number of aliphatic hydroxyl groups is 1. The number of aromatic nitrogens is 4. The fourth-order valence-corrected chi connectivity index (χ4v) is 5.37. The number of nitrogens with two attached hydrogens (primary N) is 1. The summed E-state index contributed by atoms with van der Waals surface area (Å²) < 4.78 is 1.76.